The smallest absolute Gasteiger partial charge is 0.247 e. The number of rotatable bonds is 9. The summed E-state index contributed by atoms with van der Waals surface area (Å²) < 4.78 is 0. The fourth-order valence-corrected chi connectivity index (χ4v) is 4.14. The third kappa shape index (κ3) is 6.94. The number of hydrogen-bond acceptors (Lipinski definition) is 3. The predicted octanol–water partition coefficient (Wildman–Crippen LogP) is 6.02. The molecule has 2 amide bonds. The zero-order valence-corrected chi connectivity index (χ0v) is 21.0. The Morgan fingerprint density at radius 3 is 2.03 bits per heavy atom. The fourth-order valence-electron chi connectivity index (χ4n) is 3.89. The molecule has 7 heteroatoms. The number of halogens is 2. The van der Waals surface area contributed by atoms with Gasteiger partial charge in [0.1, 0.15) is 6.04 Å². The molecule has 1 heterocycles. The van der Waals surface area contributed by atoms with Crippen LogP contribution in [0.5, 0.6) is 0 Å². The highest BCUT2D eigenvalue weighted by Crippen LogP contribution is 2.26. The maximum Gasteiger partial charge on any atom is 0.247 e. The Bertz CT molecular complexity index is 1280. The quantitative estimate of drug-likeness (QED) is 0.295. The summed E-state index contributed by atoms with van der Waals surface area (Å²) in [4.78, 5) is 33.1. The molecular formula is C29H25Cl2N3O2. The summed E-state index contributed by atoms with van der Waals surface area (Å²) in [5.74, 6) is -0.457. The summed E-state index contributed by atoms with van der Waals surface area (Å²) in [7, 11) is 0. The fraction of sp³-hybridized carbons (Fsp3) is 0.138. The summed E-state index contributed by atoms with van der Waals surface area (Å²) in [5, 5.41) is 4.19. The molecule has 4 rings (SSSR count). The summed E-state index contributed by atoms with van der Waals surface area (Å²) in [5.41, 5.74) is 3.27. The van der Waals surface area contributed by atoms with Crippen LogP contribution in [0.1, 0.15) is 28.3 Å². The molecule has 1 N–H and O–H groups in total. The van der Waals surface area contributed by atoms with Crippen molar-refractivity contribution >= 4 is 35.0 Å². The average Bonchev–Trinajstić information content (AvgIpc) is 2.91. The van der Waals surface area contributed by atoms with E-state index in [4.69, 9.17) is 23.2 Å². The average molecular weight is 518 g/mol. The van der Waals surface area contributed by atoms with Crippen molar-refractivity contribution in [3.05, 3.63) is 136 Å². The van der Waals surface area contributed by atoms with Crippen LogP contribution in [0, 0.1) is 0 Å². The first-order valence-corrected chi connectivity index (χ1v) is 12.2. The van der Waals surface area contributed by atoms with Crippen LogP contribution >= 0.6 is 23.2 Å². The zero-order chi connectivity index (χ0) is 25.3. The minimum atomic E-state index is -0.835. The lowest BCUT2D eigenvalue weighted by Gasteiger charge is -2.32. The molecule has 4 aromatic rings. The van der Waals surface area contributed by atoms with Crippen molar-refractivity contribution in [3.63, 3.8) is 0 Å². The van der Waals surface area contributed by atoms with E-state index in [9.17, 15) is 9.59 Å². The van der Waals surface area contributed by atoms with E-state index in [1.807, 2.05) is 66.7 Å². The van der Waals surface area contributed by atoms with Gasteiger partial charge < -0.3 is 10.2 Å². The number of hydrogen-bond donors (Lipinski definition) is 1. The molecule has 1 aromatic heterocycles. The van der Waals surface area contributed by atoms with Crippen molar-refractivity contribution in [2.24, 2.45) is 0 Å². The van der Waals surface area contributed by atoms with Crippen LogP contribution in [0.4, 0.5) is 0 Å². The van der Waals surface area contributed by atoms with Gasteiger partial charge in [0.2, 0.25) is 11.8 Å². The Hall–Kier alpha value is -3.67. The minimum Gasteiger partial charge on any atom is -0.350 e. The molecule has 5 nitrogen and oxygen atoms in total. The van der Waals surface area contributed by atoms with E-state index < -0.39 is 6.04 Å². The van der Waals surface area contributed by atoms with Crippen molar-refractivity contribution in [3.8, 4) is 0 Å². The molecule has 0 aliphatic carbocycles. The Kier molecular flexibility index (Phi) is 8.71. The SMILES string of the molecule is O=C(NCc1cccnc1)C(c1ccccc1)N(Cc1ccc(Cl)cc1)C(=O)Cc1ccc(Cl)cc1. The van der Waals surface area contributed by atoms with Crippen LogP contribution in [0.3, 0.4) is 0 Å². The molecule has 1 unspecified atom stereocenters. The maximum absolute atomic E-state index is 13.7. The highest BCUT2D eigenvalue weighted by molar-refractivity contribution is 6.30. The van der Waals surface area contributed by atoms with Gasteiger partial charge in [0, 0.05) is 35.5 Å². The third-order valence-electron chi connectivity index (χ3n) is 5.72. The summed E-state index contributed by atoms with van der Waals surface area (Å²) in [6.45, 7) is 0.541. The van der Waals surface area contributed by atoms with Gasteiger partial charge in [-0.3, -0.25) is 14.6 Å². The predicted molar refractivity (Wildman–Crippen MR) is 142 cm³/mol. The van der Waals surface area contributed by atoms with Crippen LogP contribution < -0.4 is 5.32 Å². The van der Waals surface area contributed by atoms with Crippen LogP contribution in [-0.2, 0) is 29.1 Å². The second-order valence-corrected chi connectivity index (χ2v) is 9.22. The number of nitrogens with zero attached hydrogens (tertiary/aromatic N) is 2. The number of pyridine rings is 1. The lowest BCUT2D eigenvalue weighted by atomic mass is 10.0. The van der Waals surface area contributed by atoms with Gasteiger partial charge >= 0.3 is 0 Å². The van der Waals surface area contributed by atoms with Crippen molar-refractivity contribution in [1.82, 2.24) is 15.2 Å². The van der Waals surface area contributed by atoms with Crippen LogP contribution in [0.2, 0.25) is 10.0 Å². The number of amides is 2. The largest absolute Gasteiger partial charge is 0.350 e. The second kappa shape index (κ2) is 12.3. The summed E-state index contributed by atoms with van der Waals surface area (Å²) in [6, 6.07) is 26.6. The van der Waals surface area contributed by atoms with E-state index in [1.165, 1.54) is 0 Å². The minimum absolute atomic E-state index is 0.129. The van der Waals surface area contributed by atoms with E-state index in [2.05, 4.69) is 10.3 Å². The monoisotopic (exact) mass is 517 g/mol. The topological polar surface area (TPSA) is 62.3 Å². The number of carbonyl (C=O) groups excluding carboxylic acids is 2. The van der Waals surface area contributed by atoms with Crippen molar-refractivity contribution in [2.75, 3.05) is 0 Å². The van der Waals surface area contributed by atoms with Gasteiger partial charge in [-0.1, -0.05) is 83.9 Å². The van der Waals surface area contributed by atoms with Crippen molar-refractivity contribution in [2.45, 2.75) is 25.6 Å². The van der Waals surface area contributed by atoms with E-state index in [-0.39, 0.29) is 24.8 Å². The molecule has 0 radical (unpaired) electrons. The first-order chi connectivity index (χ1) is 17.5. The normalized spacial score (nSPS) is 11.5. The van der Waals surface area contributed by atoms with Gasteiger partial charge in [0.05, 0.1) is 6.42 Å². The number of nitrogens with one attached hydrogen (secondary N) is 1. The Balaban J connectivity index is 1.67. The van der Waals surface area contributed by atoms with E-state index in [1.54, 1.807) is 41.6 Å². The number of benzene rings is 3. The molecule has 0 fully saturated rings. The van der Waals surface area contributed by atoms with Gasteiger partial charge in [-0.2, -0.15) is 0 Å². The molecule has 0 aliphatic rings. The molecule has 3 aromatic carbocycles. The van der Waals surface area contributed by atoms with Crippen LogP contribution in [0.15, 0.2) is 103 Å². The highest BCUT2D eigenvalue weighted by Gasteiger charge is 2.31. The molecule has 0 spiro atoms. The first kappa shape index (κ1) is 25.4. The van der Waals surface area contributed by atoms with Gasteiger partial charge in [0.15, 0.2) is 0 Å². The molecule has 0 aliphatic heterocycles. The van der Waals surface area contributed by atoms with Crippen molar-refractivity contribution < 1.29 is 9.59 Å². The molecule has 182 valence electrons. The summed E-state index contributed by atoms with van der Waals surface area (Å²) >= 11 is 12.1. The molecule has 1 atom stereocenters. The van der Waals surface area contributed by atoms with Crippen LogP contribution in [0.25, 0.3) is 0 Å². The maximum atomic E-state index is 13.7. The molecule has 0 saturated heterocycles. The second-order valence-electron chi connectivity index (χ2n) is 8.34. The highest BCUT2D eigenvalue weighted by atomic mass is 35.5. The van der Waals surface area contributed by atoms with Crippen molar-refractivity contribution in [1.29, 1.82) is 0 Å². The van der Waals surface area contributed by atoms with Gasteiger partial charge in [0.25, 0.3) is 0 Å². The van der Waals surface area contributed by atoms with E-state index in [0.717, 1.165) is 22.3 Å². The van der Waals surface area contributed by atoms with Gasteiger partial charge in [-0.05, 0) is 52.6 Å². The zero-order valence-electron chi connectivity index (χ0n) is 19.5. The molecular weight excluding hydrogens is 493 g/mol. The molecule has 0 bridgehead atoms. The van der Waals surface area contributed by atoms with Gasteiger partial charge in [-0.25, -0.2) is 0 Å². The first-order valence-electron chi connectivity index (χ1n) is 11.5. The van der Waals surface area contributed by atoms with Gasteiger partial charge in [-0.15, -0.1) is 0 Å². The standard InChI is InChI=1S/C29H25Cl2N3O2/c30-25-12-8-21(9-13-25)17-27(35)34(20-22-10-14-26(31)15-11-22)28(24-6-2-1-3-7-24)29(36)33-19-23-5-4-16-32-18-23/h1-16,18,28H,17,19-20H2,(H,33,36). The lowest BCUT2D eigenvalue weighted by molar-refractivity contribution is -0.141. The van der Waals surface area contributed by atoms with Crippen LogP contribution in [-0.4, -0.2) is 21.7 Å². The lowest BCUT2D eigenvalue weighted by Crippen LogP contribution is -2.43. The van der Waals surface area contributed by atoms with E-state index in [0.29, 0.717) is 16.6 Å². The molecule has 0 saturated carbocycles. The number of aromatic nitrogens is 1. The Morgan fingerprint density at radius 2 is 1.42 bits per heavy atom. The third-order valence-corrected chi connectivity index (χ3v) is 6.22. The van der Waals surface area contributed by atoms with E-state index >= 15 is 0 Å². The Labute approximate surface area is 220 Å². The number of carbonyl (C=O) groups is 2. The summed E-state index contributed by atoms with van der Waals surface area (Å²) in [6.07, 6.45) is 3.51. The Morgan fingerprint density at radius 1 is 0.778 bits per heavy atom. The molecule has 36 heavy (non-hydrogen) atoms.